The highest BCUT2D eigenvalue weighted by molar-refractivity contribution is 7.80. The molecule has 1 fully saturated rings. The maximum Gasteiger partial charge on any atom is 0.325 e. The zero-order valence-corrected chi connectivity index (χ0v) is 36.8. The lowest BCUT2D eigenvalue weighted by atomic mass is 10.0. The summed E-state index contributed by atoms with van der Waals surface area (Å²) in [6.07, 6.45) is 1.28. The number of aliphatic hydroxyl groups is 2. The van der Waals surface area contributed by atoms with Crippen molar-refractivity contribution in [3.05, 3.63) is 35.9 Å². The lowest BCUT2D eigenvalue weighted by molar-refractivity contribution is -0.142. The molecule has 1 heterocycles. The number of hydrogen-bond donors (Lipinski definition) is 12. The van der Waals surface area contributed by atoms with Gasteiger partial charge < -0.3 is 63.2 Å². The Kier molecular flexibility index (Phi) is 21.8. The molecule has 0 radical (unpaired) electrons. The van der Waals surface area contributed by atoms with E-state index in [-0.39, 0.29) is 24.0 Å². The smallest absolute Gasteiger partial charge is 0.325 e. The van der Waals surface area contributed by atoms with Gasteiger partial charge in [0.05, 0.1) is 19.3 Å². The molecule has 2 rings (SSSR count). The zero-order valence-electron chi connectivity index (χ0n) is 35.9. The van der Waals surface area contributed by atoms with Gasteiger partial charge in [-0.05, 0) is 50.5 Å². The number of nitrogens with zero attached hydrogens (tertiary/aromatic N) is 1. The van der Waals surface area contributed by atoms with Crippen LogP contribution < -0.4 is 43.0 Å². The van der Waals surface area contributed by atoms with Crippen LogP contribution in [0.5, 0.6) is 0 Å². The van der Waals surface area contributed by atoms with Crippen LogP contribution in [0.15, 0.2) is 30.3 Å². The van der Waals surface area contributed by atoms with E-state index >= 15 is 0 Å². The number of nitrogens with two attached hydrogens (primary N) is 1. The number of carboxylic acid groups (broad SMARTS) is 1. The van der Waals surface area contributed by atoms with E-state index < -0.39 is 121 Å². The number of benzene rings is 1. The second kappa shape index (κ2) is 25.6. The van der Waals surface area contributed by atoms with Gasteiger partial charge in [-0.2, -0.15) is 12.6 Å². The Labute approximate surface area is 366 Å². The van der Waals surface area contributed by atoms with Crippen LogP contribution in [-0.2, 0) is 49.6 Å². The number of hydrogen-bond acceptors (Lipinski definition) is 13. The maximum absolute atomic E-state index is 13.6. The van der Waals surface area contributed by atoms with Crippen molar-refractivity contribution >= 4 is 65.9 Å². The molecule has 0 aliphatic carbocycles. The molecule has 0 aromatic heterocycles. The molecule has 62 heavy (non-hydrogen) atoms. The molecule has 12 N–H and O–H groups in total. The molecule has 0 spiro atoms. The summed E-state index contributed by atoms with van der Waals surface area (Å²) in [5.41, 5.74) is 6.70. The fourth-order valence-corrected chi connectivity index (χ4v) is 6.67. The molecule has 1 saturated heterocycles. The van der Waals surface area contributed by atoms with Crippen LogP contribution in [0.4, 0.5) is 0 Å². The number of aliphatic hydroxyl groups excluding tert-OH is 2. The van der Waals surface area contributed by atoms with E-state index in [2.05, 4.69) is 49.8 Å². The normalized spacial score (nSPS) is 17.5. The summed E-state index contributed by atoms with van der Waals surface area (Å²) < 4.78 is 0. The Balaban J connectivity index is 2.14. The van der Waals surface area contributed by atoms with Gasteiger partial charge in [0.2, 0.25) is 47.3 Å². The lowest BCUT2D eigenvalue weighted by Gasteiger charge is -2.30. The van der Waals surface area contributed by atoms with Crippen LogP contribution in [0.3, 0.4) is 0 Å². The summed E-state index contributed by atoms with van der Waals surface area (Å²) in [5.74, 6) is -8.26. The standard InChI is InChI=1S/C40H63N9O12S/c1-20(2)15-25(41)39(59)49-14-10-13-30(49)37(57)48-31(21(3)4)38(58)47-29(19-62)36(56)42-22(5)32(52)44-26(16-24-11-8-7-9-12-24)33(53)45-28(18-51)35(55)46-27(17-50)34(54)43-23(6)40(60)61/h7-9,11-12,20-23,25-31,50-51,62H,10,13-19,41H2,1-6H3,(H,42,56)(H,43,54)(H,44,52)(H,45,53)(H,46,55)(H,47,58)(H,48,57)(H,60,61)/t22-,23-,25-,26-,27-,28-,29-,30-,31-/m0/s1. The molecule has 21 nitrogen and oxygen atoms in total. The van der Waals surface area contributed by atoms with Crippen molar-refractivity contribution in [1.29, 1.82) is 0 Å². The molecule has 0 saturated carbocycles. The summed E-state index contributed by atoms with van der Waals surface area (Å²) in [5, 5.41) is 45.5. The highest BCUT2D eigenvalue weighted by Crippen LogP contribution is 2.20. The van der Waals surface area contributed by atoms with Gasteiger partial charge >= 0.3 is 5.97 Å². The molecule has 22 heteroatoms. The molecule has 1 aromatic rings. The van der Waals surface area contributed by atoms with Crippen LogP contribution in [0, 0.1) is 11.8 Å². The van der Waals surface area contributed by atoms with Crippen LogP contribution >= 0.6 is 12.6 Å². The third-order valence-electron chi connectivity index (χ3n) is 9.97. The van der Waals surface area contributed by atoms with Gasteiger partial charge in [-0.15, -0.1) is 0 Å². The van der Waals surface area contributed by atoms with Crippen molar-refractivity contribution in [2.45, 2.75) is 122 Å². The minimum absolute atomic E-state index is 0.122. The maximum atomic E-state index is 13.6. The first-order valence-corrected chi connectivity index (χ1v) is 21.1. The summed E-state index contributed by atoms with van der Waals surface area (Å²) in [6.45, 7) is 8.14. The van der Waals surface area contributed by atoms with Gasteiger partial charge in [-0.25, -0.2) is 0 Å². The Bertz CT molecular complexity index is 1740. The molecule has 1 aromatic carbocycles. The second-order valence-corrected chi connectivity index (χ2v) is 16.3. The molecule has 0 unspecified atom stereocenters. The Morgan fingerprint density at radius 3 is 1.71 bits per heavy atom. The molecule has 0 bridgehead atoms. The van der Waals surface area contributed by atoms with Crippen molar-refractivity contribution in [2.24, 2.45) is 17.6 Å². The SMILES string of the molecule is CC(C)C[C@H](N)C(=O)N1CCC[C@H]1C(=O)N[C@H](C(=O)N[C@@H](CS)C(=O)N[C@@H](C)C(=O)N[C@@H](Cc1ccccc1)C(=O)N[C@@H](CO)C(=O)N[C@@H](CO)C(=O)N[C@@H](C)C(=O)O)C(C)C. The highest BCUT2D eigenvalue weighted by Gasteiger charge is 2.39. The minimum atomic E-state index is -1.69. The van der Waals surface area contributed by atoms with Crippen molar-refractivity contribution in [2.75, 3.05) is 25.5 Å². The van der Waals surface area contributed by atoms with E-state index in [4.69, 9.17) is 10.8 Å². The molecule has 9 atom stereocenters. The summed E-state index contributed by atoms with van der Waals surface area (Å²) in [6, 6.07) is -3.00. The topological polar surface area (TPSA) is 328 Å². The monoisotopic (exact) mass is 893 g/mol. The molecule has 1 aliphatic rings. The highest BCUT2D eigenvalue weighted by atomic mass is 32.1. The first-order chi connectivity index (χ1) is 29.1. The molecule has 1 aliphatic heterocycles. The fraction of sp³-hybridized carbons (Fsp3) is 0.625. The fourth-order valence-electron chi connectivity index (χ4n) is 6.41. The van der Waals surface area contributed by atoms with Crippen molar-refractivity contribution in [1.82, 2.24) is 42.1 Å². The average Bonchev–Trinajstić information content (AvgIpc) is 3.72. The van der Waals surface area contributed by atoms with Crippen LogP contribution in [0.25, 0.3) is 0 Å². The van der Waals surface area contributed by atoms with E-state index in [9.17, 15) is 53.4 Å². The summed E-state index contributed by atoms with van der Waals surface area (Å²) >= 11 is 4.21. The molecular weight excluding hydrogens is 831 g/mol. The lowest BCUT2D eigenvalue weighted by Crippen LogP contribution is -2.61. The van der Waals surface area contributed by atoms with E-state index in [0.717, 1.165) is 6.92 Å². The Morgan fingerprint density at radius 1 is 0.694 bits per heavy atom. The van der Waals surface area contributed by atoms with Gasteiger partial charge in [-0.3, -0.25) is 43.2 Å². The van der Waals surface area contributed by atoms with Gasteiger partial charge in [0.1, 0.15) is 48.3 Å². The van der Waals surface area contributed by atoms with E-state index in [0.29, 0.717) is 31.4 Å². The van der Waals surface area contributed by atoms with Crippen LogP contribution in [0.2, 0.25) is 0 Å². The predicted octanol–water partition coefficient (Wildman–Crippen LogP) is -3.32. The first kappa shape index (κ1) is 52.8. The van der Waals surface area contributed by atoms with Gasteiger partial charge in [0.15, 0.2) is 0 Å². The van der Waals surface area contributed by atoms with Crippen molar-refractivity contribution < 1.29 is 58.5 Å². The van der Waals surface area contributed by atoms with E-state index in [1.54, 1.807) is 44.2 Å². The number of thiol groups is 1. The van der Waals surface area contributed by atoms with Crippen LogP contribution in [-0.4, -0.2) is 153 Å². The Morgan fingerprint density at radius 2 is 1.19 bits per heavy atom. The van der Waals surface area contributed by atoms with Gasteiger partial charge in [0.25, 0.3) is 0 Å². The minimum Gasteiger partial charge on any atom is -0.480 e. The molecule has 346 valence electrons. The number of carbonyl (C=O) groups is 9. The summed E-state index contributed by atoms with van der Waals surface area (Å²) in [7, 11) is 0. The predicted molar refractivity (Wildman–Crippen MR) is 228 cm³/mol. The number of amides is 8. The van der Waals surface area contributed by atoms with E-state index in [1.807, 2.05) is 13.8 Å². The number of nitrogens with one attached hydrogen (secondary N) is 7. The number of aliphatic carboxylic acids is 1. The number of likely N-dealkylation sites (tertiary alicyclic amines) is 1. The van der Waals surface area contributed by atoms with Crippen molar-refractivity contribution in [3.8, 4) is 0 Å². The number of rotatable bonds is 24. The zero-order chi connectivity index (χ0) is 46.8. The Hall–Kier alpha value is -5.32. The van der Waals surface area contributed by atoms with Crippen LogP contribution in [0.1, 0.15) is 66.4 Å². The third-order valence-corrected chi connectivity index (χ3v) is 10.3. The average molecular weight is 894 g/mol. The quantitative estimate of drug-likeness (QED) is 0.0453. The third kappa shape index (κ3) is 16.2. The number of carboxylic acids is 1. The molecule has 8 amide bonds. The van der Waals surface area contributed by atoms with Gasteiger partial charge in [-0.1, -0.05) is 58.0 Å². The van der Waals surface area contributed by atoms with Gasteiger partial charge in [0, 0.05) is 18.7 Å². The largest absolute Gasteiger partial charge is 0.480 e. The van der Waals surface area contributed by atoms with Crippen molar-refractivity contribution in [3.63, 3.8) is 0 Å². The summed E-state index contributed by atoms with van der Waals surface area (Å²) in [4.78, 5) is 118. The molecular formula is C40H63N9O12S. The first-order valence-electron chi connectivity index (χ1n) is 20.4. The second-order valence-electron chi connectivity index (χ2n) is 15.9. The van der Waals surface area contributed by atoms with E-state index in [1.165, 1.54) is 11.8 Å². The number of carbonyl (C=O) groups excluding carboxylic acids is 8.